The number of ether oxygens (including phenoxy) is 3. The zero-order valence-corrected chi connectivity index (χ0v) is 16.5. The molecule has 0 saturated heterocycles. The minimum absolute atomic E-state index is 0.299. The number of methoxy groups -OCH3 is 1. The van der Waals surface area contributed by atoms with Gasteiger partial charge in [0.1, 0.15) is 16.5 Å². The van der Waals surface area contributed by atoms with Crippen LogP contribution in [-0.4, -0.2) is 31.7 Å². The lowest BCUT2D eigenvalue weighted by Crippen LogP contribution is -2.30. The maximum Gasteiger partial charge on any atom is 0.341 e. The van der Waals surface area contributed by atoms with E-state index in [9.17, 15) is 9.59 Å². The van der Waals surface area contributed by atoms with E-state index in [4.69, 9.17) is 14.2 Å². The smallest absolute Gasteiger partial charge is 0.341 e. The lowest BCUT2D eigenvalue weighted by Gasteiger charge is -2.15. The first-order chi connectivity index (χ1) is 13.0. The van der Waals surface area contributed by atoms with E-state index in [0.29, 0.717) is 28.7 Å². The number of fused-ring (bicyclic) bond motifs is 1. The summed E-state index contributed by atoms with van der Waals surface area (Å²) in [4.78, 5) is 26.1. The number of hydrogen-bond donors (Lipinski definition) is 1. The molecule has 6 nitrogen and oxygen atoms in total. The number of aryl methyl sites for hydroxylation is 1. The van der Waals surface area contributed by atoms with Crippen LogP contribution in [0.4, 0.5) is 5.00 Å². The van der Waals surface area contributed by atoms with Crippen LogP contribution in [0.1, 0.15) is 41.1 Å². The van der Waals surface area contributed by atoms with Gasteiger partial charge in [-0.3, -0.25) is 4.79 Å². The van der Waals surface area contributed by atoms with E-state index < -0.39 is 6.10 Å². The van der Waals surface area contributed by atoms with Gasteiger partial charge in [0, 0.05) is 4.88 Å². The van der Waals surface area contributed by atoms with Crippen LogP contribution in [0.3, 0.4) is 0 Å². The van der Waals surface area contributed by atoms with Crippen LogP contribution >= 0.6 is 11.3 Å². The molecule has 2 aromatic rings. The molecule has 27 heavy (non-hydrogen) atoms. The Balaban J connectivity index is 1.72. The number of thiophene rings is 1. The zero-order chi connectivity index (χ0) is 19.4. The molecule has 0 bridgehead atoms. The number of benzene rings is 1. The van der Waals surface area contributed by atoms with Gasteiger partial charge in [0.15, 0.2) is 6.10 Å². The fourth-order valence-electron chi connectivity index (χ4n) is 3.04. The summed E-state index contributed by atoms with van der Waals surface area (Å²) in [5.74, 6) is 0.594. The summed E-state index contributed by atoms with van der Waals surface area (Å²) in [6.45, 7) is 3.74. The molecule has 0 saturated carbocycles. The van der Waals surface area contributed by atoms with Crippen molar-refractivity contribution < 1.29 is 23.8 Å². The van der Waals surface area contributed by atoms with Crippen molar-refractivity contribution in [3.63, 3.8) is 0 Å². The average Bonchev–Trinajstić information content (AvgIpc) is 3.23. The third kappa shape index (κ3) is 4.24. The van der Waals surface area contributed by atoms with E-state index in [2.05, 4.69) is 5.32 Å². The summed E-state index contributed by atoms with van der Waals surface area (Å²) < 4.78 is 16.0. The number of carbonyl (C=O) groups excluding carboxylic acids is 2. The number of hydrogen-bond acceptors (Lipinski definition) is 6. The molecule has 0 unspecified atom stereocenters. The highest BCUT2D eigenvalue weighted by Gasteiger charge is 2.29. The number of amides is 1. The maximum absolute atomic E-state index is 12.6. The Morgan fingerprint density at radius 1 is 1.19 bits per heavy atom. The van der Waals surface area contributed by atoms with Gasteiger partial charge in [-0.15, -0.1) is 11.3 Å². The highest BCUT2D eigenvalue weighted by atomic mass is 32.1. The van der Waals surface area contributed by atoms with Crippen LogP contribution in [0.15, 0.2) is 24.3 Å². The molecule has 1 N–H and O–H groups in total. The molecule has 3 rings (SSSR count). The number of nitrogens with one attached hydrogen (secondary N) is 1. The van der Waals surface area contributed by atoms with E-state index in [1.807, 2.05) is 0 Å². The Labute approximate surface area is 162 Å². The summed E-state index contributed by atoms with van der Waals surface area (Å²) in [7, 11) is 1.59. The van der Waals surface area contributed by atoms with Crippen LogP contribution < -0.4 is 14.8 Å². The van der Waals surface area contributed by atoms with Gasteiger partial charge < -0.3 is 19.5 Å². The van der Waals surface area contributed by atoms with Crippen molar-refractivity contribution >= 4 is 28.2 Å². The molecule has 144 valence electrons. The minimum Gasteiger partial charge on any atom is -0.497 e. The third-order valence-corrected chi connectivity index (χ3v) is 5.59. The second-order valence-electron chi connectivity index (χ2n) is 6.21. The molecule has 0 radical (unpaired) electrons. The first-order valence-corrected chi connectivity index (χ1v) is 9.78. The van der Waals surface area contributed by atoms with Gasteiger partial charge in [-0.25, -0.2) is 4.79 Å². The lowest BCUT2D eigenvalue weighted by atomic mass is 10.1. The molecule has 1 aliphatic carbocycles. The second-order valence-corrected chi connectivity index (χ2v) is 7.31. The van der Waals surface area contributed by atoms with Crippen LogP contribution in [0.2, 0.25) is 0 Å². The molecule has 1 aliphatic rings. The molecule has 1 heterocycles. The maximum atomic E-state index is 12.6. The van der Waals surface area contributed by atoms with Crippen molar-refractivity contribution in [1.82, 2.24) is 0 Å². The topological polar surface area (TPSA) is 73.9 Å². The molecule has 1 amide bonds. The molecule has 7 heteroatoms. The molecule has 1 aromatic heterocycles. The quantitative estimate of drug-likeness (QED) is 0.729. The average molecular weight is 389 g/mol. The van der Waals surface area contributed by atoms with E-state index >= 15 is 0 Å². The Kier molecular flexibility index (Phi) is 6.01. The first kappa shape index (κ1) is 19.2. The molecule has 0 spiro atoms. The standard InChI is InChI=1S/C20H23NO5S/c1-4-25-20(23)17-15-6-5-7-16(15)27-19(17)21-18(22)12(2)26-14-10-8-13(24-3)9-11-14/h8-12H,4-7H2,1-3H3,(H,21,22)/t12-/m1/s1. The van der Waals surface area contributed by atoms with Crippen LogP contribution in [-0.2, 0) is 22.4 Å². The van der Waals surface area contributed by atoms with Crippen LogP contribution in [0.5, 0.6) is 11.5 Å². The highest BCUT2D eigenvalue weighted by Crippen LogP contribution is 2.39. The number of carbonyl (C=O) groups is 2. The number of esters is 1. The Morgan fingerprint density at radius 2 is 1.89 bits per heavy atom. The van der Waals surface area contributed by atoms with Gasteiger partial charge in [-0.2, -0.15) is 0 Å². The lowest BCUT2D eigenvalue weighted by molar-refractivity contribution is -0.122. The predicted octanol–water partition coefficient (Wildman–Crippen LogP) is 3.83. The fraction of sp³-hybridized carbons (Fsp3) is 0.400. The molecule has 0 fully saturated rings. The first-order valence-electron chi connectivity index (χ1n) is 8.96. The van der Waals surface area contributed by atoms with Crippen molar-refractivity contribution in [1.29, 1.82) is 0 Å². The molecule has 1 atom stereocenters. The molecule has 0 aliphatic heterocycles. The summed E-state index contributed by atoms with van der Waals surface area (Å²) in [6, 6.07) is 7.02. The van der Waals surface area contributed by atoms with Crippen LogP contribution in [0, 0.1) is 0 Å². The van der Waals surface area contributed by atoms with E-state index in [1.165, 1.54) is 11.3 Å². The molecule has 1 aromatic carbocycles. The molecular formula is C20H23NO5S. The minimum atomic E-state index is -0.717. The summed E-state index contributed by atoms with van der Waals surface area (Å²) in [6.07, 6.45) is 2.08. The zero-order valence-electron chi connectivity index (χ0n) is 15.7. The fourth-order valence-corrected chi connectivity index (χ4v) is 4.32. The Bertz CT molecular complexity index is 828. The predicted molar refractivity (Wildman–Crippen MR) is 104 cm³/mol. The Morgan fingerprint density at radius 3 is 2.56 bits per heavy atom. The molecular weight excluding hydrogens is 366 g/mol. The SMILES string of the molecule is CCOC(=O)c1c(NC(=O)[C@@H](C)Oc2ccc(OC)cc2)sc2c1CCC2. The summed E-state index contributed by atoms with van der Waals surface area (Å²) >= 11 is 1.45. The van der Waals surface area contributed by atoms with Gasteiger partial charge >= 0.3 is 5.97 Å². The van der Waals surface area contributed by atoms with Crippen molar-refractivity contribution in [2.75, 3.05) is 19.0 Å². The summed E-state index contributed by atoms with van der Waals surface area (Å²) in [5.41, 5.74) is 1.51. The van der Waals surface area contributed by atoms with Crippen molar-refractivity contribution in [3.05, 3.63) is 40.3 Å². The largest absolute Gasteiger partial charge is 0.497 e. The van der Waals surface area contributed by atoms with Gasteiger partial charge in [-0.1, -0.05) is 0 Å². The van der Waals surface area contributed by atoms with E-state index in [1.54, 1.807) is 45.2 Å². The normalized spacial score (nSPS) is 13.6. The van der Waals surface area contributed by atoms with Gasteiger partial charge in [0.05, 0.1) is 19.3 Å². The van der Waals surface area contributed by atoms with E-state index in [0.717, 1.165) is 29.7 Å². The monoisotopic (exact) mass is 389 g/mol. The summed E-state index contributed by atoms with van der Waals surface area (Å²) in [5, 5.41) is 3.40. The van der Waals surface area contributed by atoms with Gasteiger partial charge in [-0.05, 0) is 62.9 Å². The van der Waals surface area contributed by atoms with Crippen molar-refractivity contribution in [3.8, 4) is 11.5 Å². The van der Waals surface area contributed by atoms with E-state index in [-0.39, 0.29) is 11.9 Å². The Hall–Kier alpha value is -2.54. The highest BCUT2D eigenvalue weighted by molar-refractivity contribution is 7.17. The number of anilines is 1. The van der Waals surface area contributed by atoms with Gasteiger partial charge in [0.25, 0.3) is 5.91 Å². The number of rotatable bonds is 7. The van der Waals surface area contributed by atoms with Crippen LogP contribution in [0.25, 0.3) is 0 Å². The van der Waals surface area contributed by atoms with Gasteiger partial charge in [0.2, 0.25) is 0 Å². The van der Waals surface area contributed by atoms with Crippen molar-refractivity contribution in [2.24, 2.45) is 0 Å². The second kappa shape index (κ2) is 8.43. The van der Waals surface area contributed by atoms with Crippen molar-refractivity contribution in [2.45, 2.75) is 39.2 Å². The third-order valence-electron chi connectivity index (χ3n) is 4.38.